The summed E-state index contributed by atoms with van der Waals surface area (Å²) in [4.78, 5) is 20.6. The van der Waals surface area contributed by atoms with E-state index in [2.05, 4.69) is 15.3 Å². The molecule has 0 bridgehead atoms. The molecule has 1 amide bonds. The molecule has 2 aromatic rings. The summed E-state index contributed by atoms with van der Waals surface area (Å²) >= 11 is 0. The van der Waals surface area contributed by atoms with Crippen LogP contribution in [0.2, 0.25) is 0 Å². The number of carbonyl (C=O) groups is 1. The first-order valence-electron chi connectivity index (χ1n) is 7.50. The van der Waals surface area contributed by atoms with Crippen LogP contribution >= 0.6 is 0 Å². The number of aromatic nitrogens is 3. The summed E-state index contributed by atoms with van der Waals surface area (Å²) in [5, 5.41) is 2.79. The zero-order chi connectivity index (χ0) is 16.6. The molecule has 0 saturated heterocycles. The number of pyridine rings is 1. The van der Waals surface area contributed by atoms with Gasteiger partial charge >= 0.3 is 6.18 Å². The maximum absolute atomic E-state index is 12.6. The largest absolute Gasteiger partial charge is 0.391 e. The summed E-state index contributed by atoms with van der Waals surface area (Å²) in [6, 6.07) is 3.05. The minimum Gasteiger partial charge on any atom is -0.348 e. The number of hydrogen-bond donors (Lipinski definition) is 1. The van der Waals surface area contributed by atoms with Gasteiger partial charge in [0, 0.05) is 13.1 Å². The lowest BCUT2D eigenvalue weighted by molar-refractivity contribution is -0.182. The zero-order valence-corrected chi connectivity index (χ0v) is 12.6. The molecule has 1 fully saturated rings. The van der Waals surface area contributed by atoms with E-state index in [-0.39, 0.29) is 30.5 Å². The first kappa shape index (κ1) is 15.8. The number of nitrogens with zero attached hydrogens (tertiary/aromatic N) is 3. The first-order chi connectivity index (χ1) is 10.8. The summed E-state index contributed by atoms with van der Waals surface area (Å²) in [5.74, 6) is -1.61. The molecule has 23 heavy (non-hydrogen) atoms. The lowest BCUT2D eigenvalue weighted by Gasteiger charge is -2.30. The Labute approximate surface area is 130 Å². The van der Waals surface area contributed by atoms with Crippen LogP contribution in [0.4, 0.5) is 13.2 Å². The van der Waals surface area contributed by atoms with Gasteiger partial charge in [-0.05, 0) is 37.8 Å². The molecular formula is C15H17F3N4O. The van der Waals surface area contributed by atoms with E-state index in [1.165, 1.54) is 0 Å². The van der Waals surface area contributed by atoms with Crippen LogP contribution in [0.5, 0.6) is 0 Å². The number of nitrogens with one attached hydrogen (secondary N) is 1. The molecule has 0 aliphatic heterocycles. The topological polar surface area (TPSA) is 59.8 Å². The molecule has 1 saturated carbocycles. The number of rotatable bonds is 2. The van der Waals surface area contributed by atoms with Crippen LogP contribution in [0, 0.1) is 5.92 Å². The molecule has 1 aliphatic rings. The summed E-state index contributed by atoms with van der Waals surface area (Å²) < 4.78 is 39.6. The molecule has 0 radical (unpaired) electrons. The number of amides is 1. The van der Waals surface area contributed by atoms with Gasteiger partial charge in [0.05, 0.1) is 12.2 Å². The third-order valence-corrected chi connectivity index (χ3v) is 4.32. The van der Waals surface area contributed by atoms with E-state index >= 15 is 0 Å². The second-order valence-electron chi connectivity index (χ2n) is 5.96. The van der Waals surface area contributed by atoms with Crippen LogP contribution in [0.3, 0.4) is 0 Å². The van der Waals surface area contributed by atoms with E-state index in [1.54, 1.807) is 30.1 Å². The van der Waals surface area contributed by atoms with Gasteiger partial charge in [-0.25, -0.2) is 9.97 Å². The highest BCUT2D eigenvalue weighted by Crippen LogP contribution is 2.37. The van der Waals surface area contributed by atoms with Crippen molar-refractivity contribution in [1.82, 2.24) is 19.9 Å². The van der Waals surface area contributed by atoms with Crippen molar-refractivity contribution in [3.8, 4) is 0 Å². The van der Waals surface area contributed by atoms with E-state index in [0.29, 0.717) is 24.0 Å². The average molecular weight is 326 g/mol. The number of carbonyl (C=O) groups excluding carboxylic acids is 1. The van der Waals surface area contributed by atoms with E-state index in [9.17, 15) is 18.0 Å². The van der Waals surface area contributed by atoms with Crippen molar-refractivity contribution >= 4 is 17.1 Å². The molecular weight excluding hydrogens is 309 g/mol. The van der Waals surface area contributed by atoms with Crippen molar-refractivity contribution in [2.24, 2.45) is 13.0 Å². The van der Waals surface area contributed by atoms with Crippen molar-refractivity contribution in [3.05, 3.63) is 24.2 Å². The Morgan fingerprint density at radius 1 is 1.26 bits per heavy atom. The average Bonchev–Trinajstić information content (AvgIpc) is 2.88. The van der Waals surface area contributed by atoms with Crippen LogP contribution in [-0.4, -0.2) is 32.7 Å². The van der Waals surface area contributed by atoms with Gasteiger partial charge in [0.25, 0.3) is 5.91 Å². The Morgan fingerprint density at radius 2 is 1.96 bits per heavy atom. The predicted molar refractivity (Wildman–Crippen MR) is 77.8 cm³/mol. The summed E-state index contributed by atoms with van der Waals surface area (Å²) in [7, 11) is 1.78. The van der Waals surface area contributed by atoms with Gasteiger partial charge in [-0.15, -0.1) is 0 Å². The lowest BCUT2D eigenvalue weighted by Crippen LogP contribution is -2.40. The molecule has 5 nitrogen and oxygen atoms in total. The van der Waals surface area contributed by atoms with E-state index < -0.39 is 12.1 Å². The highest BCUT2D eigenvalue weighted by atomic mass is 19.4. The number of aryl methyl sites for hydroxylation is 1. The molecule has 2 heterocycles. The van der Waals surface area contributed by atoms with Crippen LogP contribution in [-0.2, 0) is 7.05 Å². The van der Waals surface area contributed by atoms with Gasteiger partial charge in [-0.1, -0.05) is 0 Å². The second-order valence-corrected chi connectivity index (χ2v) is 5.96. The number of halogens is 3. The van der Waals surface area contributed by atoms with Gasteiger partial charge < -0.3 is 9.88 Å². The molecule has 0 spiro atoms. The fourth-order valence-corrected chi connectivity index (χ4v) is 2.96. The summed E-state index contributed by atoms with van der Waals surface area (Å²) in [5.41, 5.74) is 1.53. The van der Waals surface area contributed by atoms with E-state index in [4.69, 9.17) is 0 Å². The van der Waals surface area contributed by atoms with Gasteiger partial charge in [-0.2, -0.15) is 13.2 Å². The highest BCUT2D eigenvalue weighted by Gasteiger charge is 2.41. The maximum atomic E-state index is 12.6. The monoisotopic (exact) mass is 326 g/mol. The fourth-order valence-electron chi connectivity index (χ4n) is 2.96. The molecule has 2 aromatic heterocycles. The van der Waals surface area contributed by atoms with Crippen molar-refractivity contribution in [2.45, 2.75) is 37.9 Å². The fraction of sp³-hybridized carbons (Fsp3) is 0.533. The molecule has 124 valence electrons. The van der Waals surface area contributed by atoms with Gasteiger partial charge in [0.2, 0.25) is 0 Å². The smallest absolute Gasteiger partial charge is 0.348 e. The van der Waals surface area contributed by atoms with Crippen molar-refractivity contribution in [3.63, 3.8) is 0 Å². The molecule has 1 aliphatic carbocycles. The van der Waals surface area contributed by atoms with E-state index in [0.717, 1.165) is 0 Å². The molecule has 0 aromatic carbocycles. The van der Waals surface area contributed by atoms with Crippen molar-refractivity contribution in [2.75, 3.05) is 0 Å². The Hall–Kier alpha value is -2.12. The minimum absolute atomic E-state index is 0.0582. The van der Waals surface area contributed by atoms with E-state index in [1.807, 2.05) is 0 Å². The normalized spacial score (nSPS) is 22.3. The summed E-state index contributed by atoms with van der Waals surface area (Å²) in [6.07, 6.45) is -1.74. The molecule has 3 rings (SSSR count). The van der Waals surface area contributed by atoms with Gasteiger partial charge in [0.1, 0.15) is 11.2 Å². The Balaban J connectivity index is 1.64. The quantitative estimate of drug-likeness (QED) is 0.923. The molecule has 0 atom stereocenters. The number of alkyl halides is 3. The van der Waals surface area contributed by atoms with Crippen LogP contribution < -0.4 is 5.32 Å². The number of imidazole rings is 1. The zero-order valence-electron chi connectivity index (χ0n) is 12.6. The summed E-state index contributed by atoms with van der Waals surface area (Å²) in [6.45, 7) is 0. The standard InChI is InChI=1S/C15H17F3N4O/c1-22-8-19-11-6-7-12(21-13(11)22)14(23)20-10-4-2-9(3-5-10)15(16,17)18/h6-10H,2-5H2,1H3,(H,20,23). The third-order valence-electron chi connectivity index (χ3n) is 4.32. The second kappa shape index (κ2) is 5.82. The molecule has 1 N–H and O–H groups in total. The number of fused-ring (bicyclic) bond motifs is 1. The van der Waals surface area contributed by atoms with Crippen LogP contribution in [0.25, 0.3) is 11.2 Å². The Morgan fingerprint density at radius 3 is 2.61 bits per heavy atom. The minimum atomic E-state index is -4.14. The molecule has 8 heteroatoms. The SMILES string of the molecule is Cn1cnc2ccc(C(=O)NC3CCC(C(F)(F)F)CC3)nc21. The van der Waals surface area contributed by atoms with Gasteiger partial charge in [0.15, 0.2) is 5.65 Å². The maximum Gasteiger partial charge on any atom is 0.391 e. The van der Waals surface area contributed by atoms with Crippen LogP contribution in [0.1, 0.15) is 36.2 Å². The predicted octanol–water partition coefficient (Wildman–Crippen LogP) is 2.82. The third kappa shape index (κ3) is 3.30. The Kier molecular flexibility index (Phi) is 3.99. The first-order valence-corrected chi connectivity index (χ1v) is 7.50. The number of hydrogen-bond acceptors (Lipinski definition) is 3. The highest BCUT2D eigenvalue weighted by molar-refractivity contribution is 5.94. The molecule has 0 unspecified atom stereocenters. The van der Waals surface area contributed by atoms with Gasteiger partial charge in [-0.3, -0.25) is 4.79 Å². The van der Waals surface area contributed by atoms with Crippen LogP contribution in [0.15, 0.2) is 18.5 Å². The Bertz CT molecular complexity index is 717. The van der Waals surface area contributed by atoms with Crippen molar-refractivity contribution in [1.29, 1.82) is 0 Å². The lowest BCUT2D eigenvalue weighted by atomic mass is 9.85. The van der Waals surface area contributed by atoms with Crippen molar-refractivity contribution < 1.29 is 18.0 Å².